The molecule has 0 radical (unpaired) electrons. The molecular formula is C13H11ClO3S. The normalized spacial score (nSPS) is 14.2. The fourth-order valence-corrected chi connectivity index (χ4v) is 2.86. The van der Waals surface area contributed by atoms with Crippen LogP contribution in [0.1, 0.15) is 27.7 Å². The Hall–Kier alpha value is -1.36. The number of benzene rings is 1. The molecule has 2 aromatic rings. The Kier molecular flexibility index (Phi) is 3.43. The minimum atomic E-state index is -1.34. The molecule has 0 spiro atoms. The number of carboxylic acids is 1. The van der Waals surface area contributed by atoms with Gasteiger partial charge in [0.15, 0.2) is 0 Å². The van der Waals surface area contributed by atoms with Crippen LogP contribution in [-0.2, 0) is 5.60 Å². The lowest BCUT2D eigenvalue weighted by Gasteiger charge is -2.23. The summed E-state index contributed by atoms with van der Waals surface area (Å²) in [4.78, 5) is 11.5. The van der Waals surface area contributed by atoms with E-state index in [9.17, 15) is 9.90 Å². The lowest BCUT2D eigenvalue weighted by molar-refractivity contribution is 0.0674. The van der Waals surface area contributed by atoms with E-state index in [0.29, 0.717) is 15.5 Å². The van der Waals surface area contributed by atoms with Gasteiger partial charge in [-0.05, 0) is 36.1 Å². The smallest absolute Gasteiger partial charge is 0.336 e. The lowest BCUT2D eigenvalue weighted by Crippen LogP contribution is -2.23. The van der Waals surface area contributed by atoms with Crippen LogP contribution in [0.3, 0.4) is 0 Å². The monoisotopic (exact) mass is 282 g/mol. The van der Waals surface area contributed by atoms with E-state index in [1.54, 1.807) is 36.6 Å². The van der Waals surface area contributed by atoms with Gasteiger partial charge in [-0.1, -0.05) is 23.7 Å². The highest BCUT2D eigenvalue weighted by Crippen LogP contribution is 2.35. The SMILES string of the molecule is CC(O)(c1ccc(Cl)cc1)c1sccc1C(=O)O. The Balaban J connectivity index is 2.50. The first-order chi connectivity index (χ1) is 8.43. The van der Waals surface area contributed by atoms with E-state index >= 15 is 0 Å². The van der Waals surface area contributed by atoms with E-state index in [1.165, 1.54) is 17.4 Å². The van der Waals surface area contributed by atoms with Crippen molar-refractivity contribution >= 4 is 28.9 Å². The molecule has 18 heavy (non-hydrogen) atoms. The molecule has 0 amide bonds. The van der Waals surface area contributed by atoms with E-state index in [-0.39, 0.29) is 5.56 Å². The number of aliphatic hydroxyl groups is 1. The molecule has 0 saturated heterocycles. The number of carboxylic acid groups (broad SMARTS) is 1. The van der Waals surface area contributed by atoms with Crippen LogP contribution in [0.5, 0.6) is 0 Å². The molecule has 1 heterocycles. The third kappa shape index (κ3) is 2.27. The van der Waals surface area contributed by atoms with E-state index < -0.39 is 11.6 Å². The zero-order valence-corrected chi connectivity index (χ0v) is 11.1. The summed E-state index contributed by atoms with van der Waals surface area (Å²) in [5, 5.41) is 21.9. The number of thiophene rings is 1. The van der Waals surface area contributed by atoms with Gasteiger partial charge in [-0.2, -0.15) is 0 Å². The molecule has 94 valence electrons. The summed E-state index contributed by atoms with van der Waals surface area (Å²) in [6, 6.07) is 8.20. The summed E-state index contributed by atoms with van der Waals surface area (Å²) in [5.41, 5.74) is -0.608. The minimum Gasteiger partial charge on any atom is -0.478 e. The van der Waals surface area contributed by atoms with E-state index in [0.717, 1.165) is 0 Å². The van der Waals surface area contributed by atoms with E-state index in [1.807, 2.05) is 0 Å². The summed E-state index contributed by atoms with van der Waals surface area (Å²) < 4.78 is 0. The maximum Gasteiger partial charge on any atom is 0.336 e. The van der Waals surface area contributed by atoms with Gasteiger partial charge < -0.3 is 10.2 Å². The highest BCUT2D eigenvalue weighted by atomic mass is 35.5. The molecular weight excluding hydrogens is 272 g/mol. The molecule has 0 fully saturated rings. The number of rotatable bonds is 3. The van der Waals surface area contributed by atoms with Crippen molar-refractivity contribution < 1.29 is 15.0 Å². The maximum atomic E-state index is 11.1. The Bertz CT molecular complexity index is 572. The van der Waals surface area contributed by atoms with Gasteiger partial charge in [0.05, 0.1) is 10.4 Å². The van der Waals surface area contributed by atoms with Gasteiger partial charge >= 0.3 is 5.97 Å². The standard InChI is InChI=1S/C13H11ClO3S/c1-13(17,8-2-4-9(14)5-3-8)11-10(12(15)16)6-7-18-11/h2-7,17H,1H3,(H,15,16). The average molecular weight is 283 g/mol. The quantitative estimate of drug-likeness (QED) is 0.907. The van der Waals surface area contributed by atoms with Gasteiger partial charge in [0.2, 0.25) is 0 Å². The molecule has 0 aliphatic carbocycles. The van der Waals surface area contributed by atoms with Crippen LogP contribution < -0.4 is 0 Å². The minimum absolute atomic E-state index is 0.125. The van der Waals surface area contributed by atoms with Gasteiger partial charge in [0, 0.05) is 5.02 Å². The van der Waals surface area contributed by atoms with E-state index in [4.69, 9.17) is 16.7 Å². The molecule has 0 bridgehead atoms. The summed E-state index contributed by atoms with van der Waals surface area (Å²) in [7, 11) is 0. The maximum absolute atomic E-state index is 11.1. The van der Waals surface area contributed by atoms with Gasteiger partial charge in [-0.3, -0.25) is 0 Å². The highest BCUT2D eigenvalue weighted by molar-refractivity contribution is 7.10. The second kappa shape index (κ2) is 4.72. The Morgan fingerprint density at radius 3 is 2.44 bits per heavy atom. The highest BCUT2D eigenvalue weighted by Gasteiger charge is 2.31. The molecule has 0 saturated carbocycles. The Labute approximate surface area is 113 Å². The number of carbonyl (C=O) groups is 1. The van der Waals surface area contributed by atoms with Crippen molar-refractivity contribution in [3.8, 4) is 0 Å². The van der Waals surface area contributed by atoms with Crippen LogP contribution in [0.2, 0.25) is 5.02 Å². The summed E-state index contributed by atoms with van der Waals surface area (Å²) in [5.74, 6) is -1.04. The molecule has 2 N–H and O–H groups in total. The van der Waals surface area contributed by atoms with Crippen LogP contribution >= 0.6 is 22.9 Å². The van der Waals surface area contributed by atoms with Crippen molar-refractivity contribution in [2.75, 3.05) is 0 Å². The van der Waals surface area contributed by atoms with Crippen LogP contribution in [0.4, 0.5) is 0 Å². The Morgan fingerprint density at radius 1 is 1.28 bits per heavy atom. The zero-order chi connectivity index (χ0) is 13.3. The first-order valence-corrected chi connectivity index (χ1v) is 6.48. The van der Waals surface area contributed by atoms with Crippen molar-refractivity contribution in [3.63, 3.8) is 0 Å². The predicted octanol–water partition coefficient (Wildman–Crippen LogP) is 3.36. The summed E-state index contributed by atoms with van der Waals surface area (Å²) in [6.45, 7) is 1.58. The van der Waals surface area contributed by atoms with Crippen LogP contribution in [-0.4, -0.2) is 16.2 Å². The largest absolute Gasteiger partial charge is 0.478 e. The molecule has 1 atom stereocenters. The number of aromatic carboxylic acids is 1. The van der Waals surface area contributed by atoms with Gasteiger partial charge in [-0.25, -0.2) is 4.79 Å². The second-order valence-electron chi connectivity index (χ2n) is 4.05. The molecule has 3 nitrogen and oxygen atoms in total. The summed E-state index contributed by atoms with van der Waals surface area (Å²) >= 11 is 7.02. The molecule has 0 aliphatic rings. The lowest BCUT2D eigenvalue weighted by atomic mass is 9.92. The predicted molar refractivity (Wildman–Crippen MR) is 71.4 cm³/mol. The van der Waals surface area contributed by atoms with E-state index in [2.05, 4.69) is 0 Å². The zero-order valence-electron chi connectivity index (χ0n) is 9.55. The molecule has 5 heteroatoms. The molecule has 2 rings (SSSR count). The van der Waals surface area contributed by atoms with Crippen molar-refractivity contribution in [3.05, 3.63) is 56.7 Å². The van der Waals surface area contributed by atoms with Crippen molar-refractivity contribution in [2.45, 2.75) is 12.5 Å². The molecule has 0 aliphatic heterocycles. The van der Waals surface area contributed by atoms with Gasteiger partial charge in [0.1, 0.15) is 5.60 Å². The van der Waals surface area contributed by atoms with Crippen LogP contribution in [0, 0.1) is 0 Å². The fourth-order valence-electron chi connectivity index (χ4n) is 1.76. The first kappa shape index (κ1) is 13.1. The molecule has 1 aromatic carbocycles. The number of hydrogen-bond acceptors (Lipinski definition) is 3. The molecule has 1 aromatic heterocycles. The van der Waals surface area contributed by atoms with Gasteiger partial charge in [0.25, 0.3) is 0 Å². The average Bonchev–Trinajstić information content (AvgIpc) is 2.79. The Morgan fingerprint density at radius 2 is 1.89 bits per heavy atom. The molecule has 1 unspecified atom stereocenters. The van der Waals surface area contributed by atoms with Crippen molar-refractivity contribution in [2.24, 2.45) is 0 Å². The second-order valence-corrected chi connectivity index (χ2v) is 5.40. The van der Waals surface area contributed by atoms with Gasteiger partial charge in [-0.15, -0.1) is 11.3 Å². The number of halogens is 1. The van der Waals surface area contributed by atoms with Crippen LogP contribution in [0.15, 0.2) is 35.7 Å². The fraction of sp³-hybridized carbons (Fsp3) is 0.154. The van der Waals surface area contributed by atoms with Crippen molar-refractivity contribution in [1.82, 2.24) is 0 Å². The summed E-state index contributed by atoms with van der Waals surface area (Å²) in [6.07, 6.45) is 0. The third-order valence-corrected chi connectivity index (χ3v) is 4.12. The topological polar surface area (TPSA) is 57.5 Å². The third-order valence-electron chi connectivity index (χ3n) is 2.74. The van der Waals surface area contributed by atoms with Crippen LogP contribution in [0.25, 0.3) is 0 Å². The first-order valence-electron chi connectivity index (χ1n) is 5.22. The van der Waals surface area contributed by atoms with Crippen molar-refractivity contribution in [1.29, 1.82) is 0 Å². The number of hydrogen-bond donors (Lipinski definition) is 2.